The molecule has 0 fully saturated rings. The van der Waals surface area contributed by atoms with Crippen molar-refractivity contribution in [2.45, 2.75) is 38.6 Å². The number of terminal acetylenes is 1. The zero-order valence-corrected chi connectivity index (χ0v) is 10.4. The first kappa shape index (κ1) is 13.7. The Hall–Kier alpha value is -1.33. The molecule has 92 valence electrons. The molecule has 2 heteroatoms. The highest BCUT2D eigenvalue weighted by Gasteiger charge is 2.08. The van der Waals surface area contributed by atoms with Crippen LogP contribution >= 0.6 is 0 Å². The fraction of sp³-hybridized carbons (Fsp3) is 0.467. The first-order valence-corrected chi connectivity index (χ1v) is 6.17. The van der Waals surface area contributed by atoms with Crippen molar-refractivity contribution < 1.29 is 4.39 Å². The molecular weight excluding hydrogens is 213 g/mol. The Labute approximate surface area is 103 Å². The lowest BCUT2D eigenvalue weighted by Crippen LogP contribution is -2.31. The van der Waals surface area contributed by atoms with Crippen molar-refractivity contribution in [2.24, 2.45) is 0 Å². The Morgan fingerprint density at radius 2 is 2.29 bits per heavy atom. The van der Waals surface area contributed by atoms with E-state index in [1.54, 1.807) is 12.1 Å². The van der Waals surface area contributed by atoms with Crippen LogP contribution in [0.1, 0.15) is 31.7 Å². The van der Waals surface area contributed by atoms with E-state index < -0.39 is 0 Å². The summed E-state index contributed by atoms with van der Waals surface area (Å²) in [6, 6.07) is 7.12. The third-order valence-electron chi connectivity index (χ3n) is 2.69. The van der Waals surface area contributed by atoms with Crippen LogP contribution in [0.15, 0.2) is 24.3 Å². The Morgan fingerprint density at radius 3 is 2.94 bits per heavy atom. The van der Waals surface area contributed by atoms with Gasteiger partial charge in [0.25, 0.3) is 0 Å². The molecule has 0 saturated heterocycles. The van der Waals surface area contributed by atoms with E-state index >= 15 is 0 Å². The minimum absolute atomic E-state index is 0.173. The average Bonchev–Trinajstić information content (AvgIpc) is 2.32. The summed E-state index contributed by atoms with van der Waals surface area (Å²) in [5.74, 6) is 2.49. The van der Waals surface area contributed by atoms with Crippen molar-refractivity contribution >= 4 is 0 Å². The van der Waals surface area contributed by atoms with Gasteiger partial charge in [-0.05, 0) is 43.5 Å². The highest BCUT2D eigenvalue weighted by atomic mass is 19.1. The zero-order valence-electron chi connectivity index (χ0n) is 10.4. The Bertz CT molecular complexity index is 367. The van der Waals surface area contributed by atoms with Crippen molar-refractivity contribution in [3.05, 3.63) is 35.6 Å². The summed E-state index contributed by atoms with van der Waals surface area (Å²) < 4.78 is 13.1. The number of rotatable bonds is 7. The third-order valence-corrected chi connectivity index (χ3v) is 2.69. The fourth-order valence-electron chi connectivity index (χ4n) is 1.83. The van der Waals surface area contributed by atoms with E-state index in [0.717, 1.165) is 37.8 Å². The summed E-state index contributed by atoms with van der Waals surface area (Å²) in [7, 11) is 0. The SMILES string of the molecule is C#CCCC(Cc1cccc(F)c1)NCCC. The molecule has 1 aromatic rings. The van der Waals surface area contributed by atoms with E-state index in [0.29, 0.717) is 6.04 Å². The largest absolute Gasteiger partial charge is 0.314 e. The maximum atomic E-state index is 13.1. The first-order chi connectivity index (χ1) is 8.26. The van der Waals surface area contributed by atoms with E-state index in [9.17, 15) is 4.39 Å². The molecule has 1 rings (SSSR count). The van der Waals surface area contributed by atoms with Gasteiger partial charge in [-0.15, -0.1) is 12.3 Å². The van der Waals surface area contributed by atoms with Gasteiger partial charge in [-0.3, -0.25) is 0 Å². The molecule has 0 bridgehead atoms. The maximum absolute atomic E-state index is 13.1. The van der Waals surface area contributed by atoms with Gasteiger partial charge in [-0.25, -0.2) is 4.39 Å². The Morgan fingerprint density at radius 1 is 1.47 bits per heavy atom. The summed E-state index contributed by atoms with van der Waals surface area (Å²) in [6.07, 6.45) is 8.91. The summed E-state index contributed by atoms with van der Waals surface area (Å²) in [5, 5.41) is 3.45. The summed E-state index contributed by atoms with van der Waals surface area (Å²) >= 11 is 0. The van der Waals surface area contributed by atoms with E-state index in [-0.39, 0.29) is 5.82 Å². The summed E-state index contributed by atoms with van der Waals surface area (Å²) in [4.78, 5) is 0. The molecule has 1 N–H and O–H groups in total. The number of benzene rings is 1. The van der Waals surface area contributed by atoms with E-state index in [2.05, 4.69) is 18.2 Å². The van der Waals surface area contributed by atoms with Gasteiger partial charge in [0, 0.05) is 12.5 Å². The van der Waals surface area contributed by atoms with Crippen LogP contribution in [0, 0.1) is 18.2 Å². The highest BCUT2D eigenvalue weighted by molar-refractivity contribution is 5.17. The van der Waals surface area contributed by atoms with E-state index in [4.69, 9.17) is 6.42 Å². The molecule has 0 heterocycles. The molecule has 1 unspecified atom stereocenters. The molecule has 1 nitrogen and oxygen atoms in total. The number of hydrogen-bond acceptors (Lipinski definition) is 1. The minimum Gasteiger partial charge on any atom is -0.314 e. The summed E-state index contributed by atoms with van der Waals surface area (Å²) in [6.45, 7) is 3.11. The number of halogens is 1. The van der Waals surface area contributed by atoms with Crippen LogP contribution in [-0.4, -0.2) is 12.6 Å². The van der Waals surface area contributed by atoms with Crippen molar-refractivity contribution in [3.63, 3.8) is 0 Å². The van der Waals surface area contributed by atoms with Crippen molar-refractivity contribution in [1.29, 1.82) is 0 Å². The van der Waals surface area contributed by atoms with Gasteiger partial charge in [0.05, 0.1) is 0 Å². The van der Waals surface area contributed by atoms with Crippen LogP contribution in [0.5, 0.6) is 0 Å². The summed E-state index contributed by atoms with van der Waals surface area (Å²) in [5.41, 5.74) is 1.02. The normalized spacial score (nSPS) is 12.1. The second-order valence-corrected chi connectivity index (χ2v) is 4.23. The monoisotopic (exact) mass is 233 g/mol. The molecule has 0 aliphatic rings. The average molecular weight is 233 g/mol. The van der Waals surface area contributed by atoms with Gasteiger partial charge in [0.2, 0.25) is 0 Å². The molecule has 0 aliphatic heterocycles. The molecule has 0 spiro atoms. The van der Waals surface area contributed by atoms with E-state index in [1.807, 2.05) is 6.07 Å². The molecule has 0 aromatic heterocycles. The lowest BCUT2D eigenvalue weighted by atomic mass is 10.0. The second kappa shape index (κ2) is 7.86. The van der Waals surface area contributed by atoms with Crippen LogP contribution in [0.25, 0.3) is 0 Å². The molecule has 1 aromatic carbocycles. The Balaban J connectivity index is 2.55. The standard InChI is InChI=1S/C15H20FN/c1-3-5-9-15(17-10-4-2)12-13-7-6-8-14(16)11-13/h1,6-8,11,15,17H,4-5,9-10,12H2,2H3. The minimum atomic E-state index is -0.173. The number of nitrogens with one attached hydrogen (secondary N) is 1. The topological polar surface area (TPSA) is 12.0 Å². The fourth-order valence-corrected chi connectivity index (χ4v) is 1.83. The van der Waals surface area contributed by atoms with Crippen LogP contribution < -0.4 is 5.32 Å². The highest BCUT2D eigenvalue weighted by Crippen LogP contribution is 2.09. The quantitative estimate of drug-likeness (QED) is 0.713. The van der Waals surface area contributed by atoms with Gasteiger partial charge in [0.15, 0.2) is 0 Å². The third kappa shape index (κ3) is 5.51. The van der Waals surface area contributed by atoms with Crippen LogP contribution in [0.4, 0.5) is 4.39 Å². The predicted octanol–water partition coefficient (Wildman–Crippen LogP) is 3.15. The van der Waals surface area contributed by atoms with Gasteiger partial charge in [-0.1, -0.05) is 19.1 Å². The second-order valence-electron chi connectivity index (χ2n) is 4.23. The van der Waals surface area contributed by atoms with Gasteiger partial charge in [0.1, 0.15) is 5.82 Å². The molecule has 1 atom stereocenters. The van der Waals surface area contributed by atoms with Crippen molar-refractivity contribution in [2.75, 3.05) is 6.54 Å². The first-order valence-electron chi connectivity index (χ1n) is 6.17. The van der Waals surface area contributed by atoms with E-state index in [1.165, 1.54) is 6.07 Å². The molecule has 17 heavy (non-hydrogen) atoms. The zero-order chi connectivity index (χ0) is 12.5. The lowest BCUT2D eigenvalue weighted by Gasteiger charge is -2.17. The number of hydrogen-bond donors (Lipinski definition) is 1. The maximum Gasteiger partial charge on any atom is 0.123 e. The predicted molar refractivity (Wildman–Crippen MR) is 70.3 cm³/mol. The van der Waals surface area contributed by atoms with Crippen LogP contribution in [0.3, 0.4) is 0 Å². The van der Waals surface area contributed by atoms with Gasteiger partial charge >= 0.3 is 0 Å². The van der Waals surface area contributed by atoms with Crippen molar-refractivity contribution in [1.82, 2.24) is 5.32 Å². The van der Waals surface area contributed by atoms with Crippen molar-refractivity contribution in [3.8, 4) is 12.3 Å². The molecule has 0 radical (unpaired) electrons. The molecule has 0 amide bonds. The van der Waals surface area contributed by atoms with Crippen LogP contribution in [0.2, 0.25) is 0 Å². The molecule has 0 saturated carbocycles. The van der Waals surface area contributed by atoms with Gasteiger partial charge < -0.3 is 5.32 Å². The smallest absolute Gasteiger partial charge is 0.123 e. The molecule has 0 aliphatic carbocycles. The van der Waals surface area contributed by atoms with Gasteiger partial charge in [-0.2, -0.15) is 0 Å². The molecular formula is C15H20FN. The Kier molecular flexibility index (Phi) is 6.35. The van der Waals surface area contributed by atoms with Crippen LogP contribution in [-0.2, 0) is 6.42 Å². The lowest BCUT2D eigenvalue weighted by molar-refractivity contribution is 0.482.